The predicted molar refractivity (Wildman–Crippen MR) is 79.0 cm³/mol. The molecule has 0 bridgehead atoms. The molecule has 0 atom stereocenters. The highest BCUT2D eigenvalue weighted by molar-refractivity contribution is 9.10. The molecule has 0 radical (unpaired) electrons. The molecule has 0 fully saturated rings. The number of hydrogen-bond donors (Lipinski definition) is 2. The van der Waals surface area contributed by atoms with Gasteiger partial charge in [-0.25, -0.2) is 4.39 Å². The Labute approximate surface area is 120 Å². The van der Waals surface area contributed by atoms with Crippen LogP contribution in [0.1, 0.15) is 16.7 Å². The van der Waals surface area contributed by atoms with E-state index in [0.717, 1.165) is 21.2 Å². The summed E-state index contributed by atoms with van der Waals surface area (Å²) in [4.78, 5) is 0. The Kier molecular flexibility index (Phi) is 4.10. The van der Waals surface area contributed by atoms with Crippen LogP contribution >= 0.6 is 15.9 Å². The third-order valence-electron chi connectivity index (χ3n) is 2.96. The number of aryl methyl sites for hydroxylation is 2. The fourth-order valence-corrected chi connectivity index (χ4v) is 2.34. The maximum absolute atomic E-state index is 13.6. The summed E-state index contributed by atoms with van der Waals surface area (Å²) < 4.78 is 14.4. The molecule has 2 nitrogen and oxygen atoms in total. The van der Waals surface area contributed by atoms with Crippen molar-refractivity contribution in [1.82, 2.24) is 0 Å². The second-order valence-corrected chi connectivity index (χ2v) is 5.47. The van der Waals surface area contributed by atoms with E-state index in [1.165, 1.54) is 6.07 Å². The van der Waals surface area contributed by atoms with Gasteiger partial charge >= 0.3 is 0 Å². The van der Waals surface area contributed by atoms with Crippen molar-refractivity contribution in [1.29, 1.82) is 0 Å². The van der Waals surface area contributed by atoms with E-state index < -0.39 is 0 Å². The van der Waals surface area contributed by atoms with E-state index in [0.29, 0.717) is 18.0 Å². The van der Waals surface area contributed by atoms with Crippen LogP contribution in [0.5, 0.6) is 5.75 Å². The van der Waals surface area contributed by atoms with Crippen LogP contribution in [0, 0.1) is 19.7 Å². The number of rotatable bonds is 3. The van der Waals surface area contributed by atoms with E-state index in [2.05, 4.69) is 21.2 Å². The molecule has 0 aromatic heterocycles. The Morgan fingerprint density at radius 2 is 1.79 bits per heavy atom. The van der Waals surface area contributed by atoms with Crippen LogP contribution in [-0.4, -0.2) is 5.11 Å². The average Bonchev–Trinajstić information content (AvgIpc) is 2.37. The van der Waals surface area contributed by atoms with Gasteiger partial charge in [0.05, 0.1) is 5.69 Å². The zero-order chi connectivity index (χ0) is 14.0. The highest BCUT2D eigenvalue weighted by Gasteiger charge is 2.05. The Balaban J connectivity index is 2.17. The van der Waals surface area contributed by atoms with Crippen molar-refractivity contribution in [3.8, 4) is 5.75 Å². The van der Waals surface area contributed by atoms with E-state index in [4.69, 9.17) is 0 Å². The molecule has 2 rings (SSSR count). The summed E-state index contributed by atoms with van der Waals surface area (Å²) in [5.41, 5.74) is 3.11. The molecule has 19 heavy (non-hydrogen) atoms. The quantitative estimate of drug-likeness (QED) is 0.870. The summed E-state index contributed by atoms with van der Waals surface area (Å²) in [6.45, 7) is 4.21. The lowest BCUT2D eigenvalue weighted by molar-refractivity contribution is 0.466. The molecule has 0 saturated carbocycles. The first-order valence-electron chi connectivity index (χ1n) is 5.95. The first-order valence-corrected chi connectivity index (χ1v) is 6.74. The maximum atomic E-state index is 13.6. The number of hydrogen-bond acceptors (Lipinski definition) is 2. The third kappa shape index (κ3) is 3.26. The van der Waals surface area contributed by atoms with Crippen LogP contribution in [0.3, 0.4) is 0 Å². The smallest absolute Gasteiger partial charge is 0.146 e. The van der Waals surface area contributed by atoms with Crippen LogP contribution in [0.4, 0.5) is 10.1 Å². The third-order valence-corrected chi connectivity index (χ3v) is 3.46. The van der Waals surface area contributed by atoms with Crippen LogP contribution < -0.4 is 5.32 Å². The summed E-state index contributed by atoms with van der Waals surface area (Å²) in [6, 6.07) is 8.57. The van der Waals surface area contributed by atoms with Crippen molar-refractivity contribution >= 4 is 21.6 Å². The minimum absolute atomic E-state index is 0.282. The Bertz CT molecular complexity index is 590. The van der Waals surface area contributed by atoms with Crippen molar-refractivity contribution in [2.24, 2.45) is 0 Å². The summed E-state index contributed by atoms with van der Waals surface area (Å²) in [7, 11) is 0. The lowest BCUT2D eigenvalue weighted by Crippen LogP contribution is -2.02. The summed E-state index contributed by atoms with van der Waals surface area (Å²) in [5.74, 6) is 0.0350. The number of aromatic hydroxyl groups is 1. The van der Waals surface area contributed by atoms with Gasteiger partial charge in [0, 0.05) is 11.0 Å². The van der Waals surface area contributed by atoms with E-state index in [9.17, 15) is 9.50 Å². The van der Waals surface area contributed by atoms with Gasteiger partial charge in [-0.3, -0.25) is 0 Å². The van der Waals surface area contributed by atoms with E-state index in [1.807, 2.05) is 26.0 Å². The van der Waals surface area contributed by atoms with E-state index >= 15 is 0 Å². The maximum Gasteiger partial charge on any atom is 0.146 e. The van der Waals surface area contributed by atoms with Gasteiger partial charge in [0.1, 0.15) is 11.6 Å². The predicted octanol–water partition coefficient (Wildman–Crippen LogP) is 4.52. The molecule has 2 aromatic rings. The molecule has 4 heteroatoms. The number of benzene rings is 2. The fourth-order valence-electron chi connectivity index (χ4n) is 1.98. The average molecular weight is 324 g/mol. The molecule has 100 valence electrons. The molecular formula is C15H15BrFNO. The molecule has 0 amide bonds. The van der Waals surface area contributed by atoms with Crippen LogP contribution in [-0.2, 0) is 6.54 Å². The van der Waals surface area contributed by atoms with E-state index in [-0.39, 0.29) is 5.82 Å². The zero-order valence-electron chi connectivity index (χ0n) is 10.8. The fraction of sp³-hybridized carbons (Fsp3) is 0.200. The number of phenolic OH excluding ortho intramolecular Hbond substituents is 1. The molecule has 2 aromatic carbocycles. The Morgan fingerprint density at radius 1 is 1.16 bits per heavy atom. The van der Waals surface area contributed by atoms with Gasteiger partial charge in [-0.15, -0.1) is 0 Å². The molecule has 0 spiro atoms. The minimum Gasteiger partial charge on any atom is -0.507 e. The second kappa shape index (κ2) is 5.61. The van der Waals surface area contributed by atoms with Crippen molar-refractivity contribution in [3.63, 3.8) is 0 Å². The number of anilines is 1. The number of halogens is 2. The molecule has 0 aliphatic rings. The first-order chi connectivity index (χ1) is 8.97. The summed E-state index contributed by atoms with van der Waals surface area (Å²) in [6.07, 6.45) is 0. The first kappa shape index (κ1) is 13.9. The van der Waals surface area contributed by atoms with Crippen LogP contribution in [0.2, 0.25) is 0 Å². The van der Waals surface area contributed by atoms with Gasteiger partial charge in [-0.05, 0) is 48.7 Å². The monoisotopic (exact) mass is 323 g/mol. The van der Waals surface area contributed by atoms with Gasteiger partial charge in [0.25, 0.3) is 0 Å². The van der Waals surface area contributed by atoms with Crippen molar-refractivity contribution in [2.75, 3.05) is 5.32 Å². The van der Waals surface area contributed by atoms with Crippen molar-refractivity contribution in [3.05, 3.63) is 57.3 Å². The SMILES string of the molecule is Cc1cc(CNc2cc(Br)ccc2F)cc(C)c1O. The lowest BCUT2D eigenvalue weighted by atomic mass is 10.1. The largest absolute Gasteiger partial charge is 0.507 e. The molecule has 0 saturated heterocycles. The number of phenols is 1. The van der Waals surface area contributed by atoms with Crippen LogP contribution in [0.15, 0.2) is 34.8 Å². The zero-order valence-corrected chi connectivity index (χ0v) is 12.4. The molecule has 0 aliphatic heterocycles. The second-order valence-electron chi connectivity index (χ2n) is 4.56. The van der Waals surface area contributed by atoms with Crippen molar-refractivity contribution < 1.29 is 9.50 Å². The van der Waals surface area contributed by atoms with Gasteiger partial charge in [-0.2, -0.15) is 0 Å². The Hall–Kier alpha value is -1.55. The normalized spacial score (nSPS) is 10.5. The van der Waals surface area contributed by atoms with Gasteiger partial charge in [0.2, 0.25) is 0 Å². The van der Waals surface area contributed by atoms with Gasteiger partial charge in [-0.1, -0.05) is 28.1 Å². The topological polar surface area (TPSA) is 32.3 Å². The minimum atomic E-state index is -0.282. The summed E-state index contributed by atoms with van der Waals surface area (Å²) in [5, 5.41) is 12.8. The molecule has 2 N–H and O–H groups in total. The molecule has 0 aliphatic carbocycles. The Morgan fingerprint density at radius 3 is 2.42 bits per heavy atom. The highest BCUT2D eigenvalue weighted by atomic mass is 79.9. The van der Waals surface area contributed by atoms with Gasteiger partial charge in [0.15, 0.2) is 0 Å². The van der Waals surface area contributed by atoms with Crippen molar-refractivity contribution in [2.45, 2.75) is 20.4 Å². The summed E-state index contributed by atoms with van der Waals surface area (Å²) >= 11 is 3.32. The number of nitrogens with one attached hydrogen (secondary N) is 1. The molecule has 0 heterocycles. The standard InChI is InChI=1S/C15H15BrFNO/c1-9-5-11(6-10(2)15(9)19)8-18-14-7-12(16)3-4-13(14)17/h3-7,18-19H,8H2,1-2H3. The molecular weight excluding hydrogens is 309 g/mol. The lowest BCUT2D eigenvalue weighted by Gasteiger charge is -2.11. The van der Waals surface area contributed by atoms with Crippen LogP contribution in [0.25, 0.3) is 0 Å². The van der Waals surface area contributed by atoms with Gasteiger partial charge < -0.3 is 10.4 Å². The van der Waals surface area contributed by atoms with E-state index in [1.54, 1.807) is 12.1 Å². The molecule has 0 unspecified atom stereocenters. The highest BCUT2D eigenvalue weighted by Crippen LogP contribution is 2.24.